The molecule has 7 heteroatoms. The Balaban J connectivity index is 2.16. The third-order valence-electron chi connectivity index (χ3n) is 2.58. The van der Waals surface area contributed by atoms with Crippen molar-refractivity contribution < 1.29 is 4.52 Å². The summed E-state index contributed by atoms with van der Waals surface area (Å²) in [5.41, 5.74) is 6.38. The number of halogens is 2. The molecule has 0 saturated carbocycles. The maximum Gasteiger partial charge on any atom is 0.228 e. The molecule has 2 N–H and O–H groups in total. The van der Waals surface area contributed by atoms with Crippen LogP contribution < -0.4 is 5.73 Å². The third kappa shape index (κ3) is 3.65. The Morgan fingerprint density at radius 1 is 1.42 bits per heavy atom. The first-order valence-electron chi connectivity index (χ1n) is 5.99. The maximum absolute atomic E-state index is 6.04. The van der Waals surface area contributed by atoms with Gasteiger partial charge in [-0.05, 0) is 12.5 Å². The van der Waals surface area contributed by atoms with E-state index >= 15 is 0 Å². The van der Waals surface area contributed by atoms with Crippen molar-refractivity contribution >= 4 is 23.2 Å². The van der Waals surface area contributed by atoms with Crippen molar-refractivity contribution in [1.82, 2.24) is 15.1 Å². The van der Waals surface area contributed by atoms with Crippen molar-refractivity contribution in [3.8, 4) is 11.5 Å². The van der Waals surface area contributed by atoms with Crippen molar-refractivity contribution in [3.63, 3.8) is 0 Å². The van der Waals surface area contributed by atoms with E-state index in [4.69, 9.17) is 33.5 Å². The number of aromatic nitrogens is 3. The van der Waals surface area contributed by atoms with Crippen LogP contribution in [0.15, 0.2) is 16.8 Å². The monoisotopic (exact) mass is 300 g/mol. The molecule has 0 saturated heterocycles. The second-order valence-electron chi connectivity index (χ2n) is 4.25. The summed E-state index contributed by atoms with van der Waals surface area (Å²) in [5, 5.41) is 4.71. The molecule has 0 aromatic carbocycles. The van der Waals surface area contributed by atoms with E-state index < -0.39 is 0 Å². The van der Waals surface area contributed by atoms with Crippen LogP contribution in [0.1, 0.15) is 25.7 Å². The Morgan fingerprint density at radius 2 is 2.21 bits per heavy atom. The van der Waals surface area contributed by atoms with E-state index in [9.17, 15) is 0 Å². The van der Waals surface area contributed by atoms with Crippen LogP contribution in [0, 0.1) is 0 Å². The summed E-state index contributed by atoms with van der Waals surface area (Å²) in [4.78, 5) is 8.34. The normalized spacial score (nSPS) is 12.6. The van der Waals surface area contributed by atoms with Gasteiger partial charge in [-0.2, -0.15) is 4.98 Å². The van der Waals surface area contributed by atoms with Crippen LogP contribution in [0.3, 0.4) is 0 Å². The SMILES string of the molecule is CCCC(N)Cc1nc(-c2ncc(Cl)cc2Cl)no1. The van der Waals surface area contributed by atoms with Gasteiger partial charge in [0.1, 0.15) is 5.69 Å². The molecule has 0 amide bonds. The predicted octanol–water partition coefficient (Wildman–Crippen LogP) is 3.11. The molecule has 102 valence electrons. The molecule has 0 fully saturated rings. The molecule has 2 rings (SSSR count). The summed E-state index contributed by atoms with van der Waals surface area (Å²) in [5.74, 6) is 0.837. The van der Waals surface area contributed by atoms with Crippen molar-refractivity contribution in [2.75, 3.05) is 0 Å². The van der Waals surface area contributed by atoms with E-state index in [-0.39, 0.29) is 6.04 Å². The maximum atomic E-state index is 6.04. The first kappa shape index (κ1) is 14.2. The number of pyridine rings is 1. The zero-order chi connectivity index (χ0) is 13.8. The fourth-order valence-corrected chi connectivity index (χ4v) is 2.17. The first-order valence-corrected chi connectivity index (χ1v) is 6.75. The van der Waals surface area contributed by atoms with Gasteiger partial charge in [0.05, 0.1) is 10.0 Å². The van der Waals surface area contributed by atoms with Crippen molar-refractivity contribution in [1.29, 1.82) is 0 Å². The number of hydrogen-bond donors (Lipinski definition) is 1. The fourth-order valence-electron chi connectivity index (χ4n) is 1.71. The lowest BCUT2D eigenvalue weighted by Crippen LogP contribution is -2.22. The van der Waals surface area contributed by atoms with Gasteiger partial charge >= 0.3 is 0 Å². The molecule has 1 unspecified atom stereocenters. The van der Waals surface area contributed by atoms with E-state index in [2.05, 4.69) is 22.0 Å². The molecule has 0 aliphatic carbocycles. The first-order chi connectivity index (χ1) is 9.10. The summed E-state index contributed by atoms with van der Waals surface area (Å²) in [7, 11) is 0. The summed E-state index contributed by atoms with van der Waals surface area (Å²) in [6, 6.07) is 1.61. The van der Waals surface area contributed by atoms with Gasteiger partial charge < -0.3 is 10.3 Å². The Hall–Kier alpha value is -1.17. The van der Waals surface area contributed by atoms with Crippen molar-refractivity contribution in [2.24, 2.45) is 5.73 Å². The van der Waals surface area contributed by atoms with Crippen LogP contribution in [0.4, 0.5) is 0 Å². The topological polar surface area (TPSA) is 77.8 Å². The van der Waals surface area contributed by atoms with Gasteiger partial charge in [-0.1, -0.05) is 41.7 Å². The highest BCUT2D eigenvalue weighted by Crippen LogP contribution is 2.25. The van der Waals surface area contributed by atoms with Gasteiger partial charge in [0.25, 0.3) is 0 Å². The average molecular weight is 301 g/mol. The minimum atomic E-state index is 0.0203. The van der Waals surface area contributed by atoms with Crippen molar-refractivity contribution in [3.05, 3.63) is 28.2 Å². The predicted molar refractivity (Wildman–Crippen MR) is 74.1 cm³/mol. The molecule has 1 atom stereocenters. The van der Waals surface area contributed by atoms with Crippen LogP contribution >= 0.6 is 23.2 Å². The van der Waals surface area contributed by atoms with Gasteiger partial charge in [-0.25, -0.2) is 4.98 Å². The number of hydrogen-bond acceptors (Lipinski definition) is 5. The van der Waals surface area contributed by atoms with Gasteiger partial charge in [-0.3, -0.25) is 0 Å². The van der Waals surface area contributed by atoms with E-state index in [1.54, 1.807) is 6.07 Å². The number of rotatable bonds is 5. The fraction of sp³-hybridized carbons (Fsp3) is 0.417. The molecule has 5 nitrogen and oxygen atoms in total. The van der Waals surface area contributed by atoms with Gasteiger partial charge in [-0.15, -0.1) is 0 Å². The highest BCUT2D eigenvalue weighted by molar-refractivity contribution is 6.35. The smallest absolute Gasteiger partial charge is 0.228 e. The van der Waals surface area contributed by atoms with E-state index in [0.29, 0.717) is 33.9 Å². The molecule has 2 aromatic heterocycles. The summed E-state index contributed by atoms with van der Waals surface area (Å²) in [6.07, 6.45) is 3.97. The van der Waals surface area contributed by atoms with E-state index in [1.165, 1.54) is 6.20 Å². The molecule has 19 heavy (non-hydrogen) atoms. The lowest BCUT2D eigenvalue weighted by Gasteiger charge is -2.05. The molecule has 0 aliphatic heterocycles. The second-order valence-corrected chi connectivity index (χ2v) is 5.09. The van der Waals surface area contributed by atoms with Gasteiger partial charge in [0, 0.05) is 18.7 Å². The Labute approximate surface area is 121 Å². The lowest BCUT2D eigenvalue weighted by atomic mass is 10.1. The number of nitrogens with zero attached hydrogens (tertiary/aromatic N) is 3. The van der Waals surface area contributed by atoms with Gasteiger partial charge in [0.15, 0.2) is 0 Å². The van der Waals surface area contributed by atoms with Crippen LogP contribution in [0.5, 0.6) is 0 Å². The minimum Gasteiger partial charge on any atom is -0.339 e. The van der Waals surface area contributed by atoms with E-state index in [1.807, 2.05) is 0 Å². The molecular formula is C12H14Cl2N4O. The van der Waals surface area contributed by atoms with Crippen LogP contribution in [0.25, 0.3) is 11.5 Å². The summed E-state index contributed by atoms with van der Waals surface area (Å²) < 4.78 is 5.15. The largest absolute Gasteiger partial charge is 0.339 e. The Bertz CT molecular complexity index is 558. The molecule has 0 aliphatic rings. The third-order valence-corrected chi connectivity index (χ3v) is 3.08. The molecule has 0 spiro atoms. The van der Waals surface area contributed by atoms with Crippen molar-refractivity contribution in [2.45, 2.75) is 32.2 Å². The second kappa shape index (κ2) is 6.32. The van der Waals surface area contributed by atoms with Crippen LogP contribution in [-0.2, 0) is 6.42 Å². The Morgan fingerprint density at radius 3 is 2.89 bits per heavy atom. The Kier molecular flexibility index (Phi) is 4.74. The lowest BCUT2D eigenvalue weighted by molar-refractivity contribution is 0.366. The molecule has 0 radical (unpaired) electrons. The average Bonchev–Trinajstić information content (AvgIpc) is 2.77. The number of nitrogens with two attached hydrogens (primary N) is 1. The highest BCUT2D eigenvalue weighted by atomic mass is 35.5. The molecule has 0 bridgehead atoms. The zero-order valence-electron chi connectivity index (χ0n) is 10.4. The van der Waals surface area contributed by atoms with E-state index in [0.717, 1.165) is 12.8 Å². The molecular weight excluding hydrogens is 287 g/mol. The molecule has 2 heterocycles. The van der Waals surface area contributed by atoms with Gasteiger partial charge in [0.2, 0.25) is 11.7 Å². The summed E-state index contributed by atoms with van der Waals surface area (Å²) >= 11 is 11.8. The molecule has 2 aromatic rings. The summed E-state index contributed by atoms with van der Waals surface area (Å²) in [6.45, 7) is 2.08. The standard InChI is InChI=1S/C12H14Cl2N4O/c1-2-3-8(15)5-10-17-12(18-19-10)11-9(14)4-7(13)6-16-11/h4,6,8H,2-3,5,15H2,1H3. The minimum absolute atomic E-state index is 0.0203. The van der Waals surface area contributed by atoms with Crippen LogP contribution in [0.2, 0.25) is 10.0 Å². The quantitative estimate of drug-likeness (QED) is 0.918. The highest BCUT2D eigenvalue weighted by Gasteiger charge is 2.15. The van der Waals surface area contributed by atoms with Crippen LogP contribution in [-0.4, -0.2) is 21.2 Å². The zero-order valence-corrected chi connectivity index (χ0v) is 11.9.